The van der Waals surface area contributed by atoms with Crippen molar-refractivity contribution in [1.82, 2.24) is 19.4 Å². The highest BCUT2D eigenvalue weighted by atomic mass is 19.1. The van der Waals surface area contributed by atoms with E-state index in [0.29, 0.717) is 0 Å². The molecular formula is C31H34FN5O2. The van der Waals surface area contributed by atoms with Gasteiger partial charge in [-0.05, 0) is 62.1 Å². The fourth-order valence-corrected chi connectivity index (χ4v) is 5.34. The van der Waals surface area contributed by atoms with Crippen molar-refractivity contribution in [1.29, 1.82) is 0 Å². The lowest BCUT2D eigenvalue weighted by Crippen LogP contribution is -2.30. The molecule has 0 spiro atoms. The Labute approximate surface area is 228 Å². The van der Waals surface area contributed by atoms with Gasteiger partial charge in [0.15, 0.2) is 0 Å². The van der Waals surface area contributed by atoms with Crippen LogP contribution in [0.1, 0.15) is 46.1 Å². The maximum absolute atomic E-state index is 14.6. The van der Waals surface area contributed by atoms with Gasteiger partial charge >= 0.3 is 0 Å². The number of fused-ring (bicyclic) bond motifs is 1. The molecule has 5 rings (SSSR count). The van der Waals surface area contributed by atoms with Gasteiger partial charge in [-0.1, -0.05) is 23.8 Å². The summed E-state index contributed by atoms with van der Waals surface area (Å²) in [4.78, 5) is 33.6. The van der Waals surface area contributed by atoms with E-state index in [1.54, 1.807) is 30.9 Å². The summed E-state index contributed by atoms with van der Waals surface area (Å²) in [6.07, 6.45) is 9.38. The smallest absolute Gasteiger partial charge is 0.260 e. The molecule has 0 radical (unpaired) electrons. The van der Waals surface area contributed by atoms with E-state index in [4.69, 9.17) is 0 Å². The van der Waals surface area contributed by atoms with Gasteiger partial charge in [0.1, 0.15) is 5.82 Å². The minimum Gasteiger partial charge on any atom is -0.384 e. The van der Waals surface area contributed by atoms with Gasteiger partial charge in [-0.2, -0.15) is 0 Å². The van der Waals surface area contributed by atoms with Crippen LogP contribution in [0, 0.1) is 12.7 Å². The molecule has 8 heteroatoms. The molecule has 7 nitrogen and oxygen atoms in total. The molecule has 0 saturated heterocycles. The molecule has 0 fully saturated rings. The Kier molecular flexibility index (Phi) is 7.48. The molecule has 1 aromatic carbocycles. The average molecular weight is 528 g/mol. The summed E-state index contributed by atoms with van der Waals surface area (Å²) in [6, 6.07) is 8.73. The van der Waals surface area contributed by atoms with E-state index in [9.17, 15) is 14.0 Å². The molecule has 39 heavy (non-hydrogen) atoms. The Morgan fingerprint density at radius 3 is 2.74 bits per heavy atom. The Morgan fingerprint density at radius 2 is 2.03 bits per heavy atom. The zero-order valence-electron chi connectivity index (χ0n) is 22.9. The Balaban J connectivity index is 1.32. The molecular weight excluding hydrogens is 493 g/mol. The highest BCUT2D eigenvalue weighted by molar-refractivity contribution is 5.94. The quantitative estimate of drug-likeness (QED) is 0.510. The Hall–Kier alpha value is -4.04. The molecule has 0 bridgehead atoms. The van der Waals surface area contributed by atoms with Crippen LogP contribution in [0.15, 0.2) is 59.2 Å². The first kappa shape index (κ1) is 26.6. The molecule has 2 aromatic heterocycles. The minimum absolute atomic E-state index is 0.0136. The highest BCUT2D eigenvalue weighted by Crippen LogP contribution is 2.26. The number of carbonyl (C=O) groups excluding carboxylic acids is 1. The number of nitrogens with zero attached hydrogens (tertiary/aromatic N) is 4. The zero-order valence-corrected chi connectivity index (χ0v) is 22.9. The summed E-state index contributed by atoms with van der Waals surface area (Å²) >= 11 is 0. The number of aryl methyl sites for hydroxylation is 1. The predicted octanol–water partition coefficient (Wildman–Crippen LogP) is 4.54. The van der Waals surface area contributed by atoms with E-state index in [1.165, 1.54) is 11.0 Å². The SMILES string of the molecule is C/C(=C\c1c(-n2ccc3c(c2=O)CCN3)ccnc1C)CN1CC=C(c2ccc(C(=O)N(C)C)c(F)c2)CC1. The van der Waals surface area contributed by atoms with Crippen LogP contribution in [0.4, 0.5) is 10.1 Å². The number of amides is 1. The van der Waals surface area contributed by atoms with Crippen LogP contribution in [0.3, 0.4) is 0 Å². The zero-order chi connectivity index (χ0) is 27.7. The summed E-state index contributed by atoms with van der Waals surface area (Å²) in [5.41, 5.74) is 7.58. The van der Waals surface area contributed by atoms with Crippen LogP contribution in [0.5, 0.6) is 0 Å². The molecule has 1 N–H and O–H groups in total. The lowest BCUT2D eigenvalue weighted by Gasteiger charge is -2.27. The van der Waals surface area contributed by atoms with Gasteiger partial charge < -0.3 is 10.2 Å². The number of anilines is 1. The highest BCUT2D eigenvalue weighted by Gasteiger charge is 2.19. The topological polar surface area (TPSA) is 70.5 Å². The van der Waals surface area contributed by atoms with Crippen molar-refractivity contribution in [2.45, 2.75) is 26.7 Å². The number of aromatic nitrogens is 2. The fraction of sp³-hybridized carbons (Fsp3) is 0.323. The molecule has 202 valence electrons. The molecule has 0 atom stereocenters. The van der Waals surface area contributed by atoms with Crippen LogP contribution in [0.25, 0.3) is 17.3 Å². The third-order valence-corrected chi connectivity index (χ3v) is 7.44. The largest absolute Gasteiger partial charge is 0.384 e. The second-order valence-corrected chi connectivity index (χ2v) is 10.5. The maximum atomic E-state index is 14.6. The van der Waals surface area contributed by atoms with Crippen LogP contribution in [-0.2, 0) is 6.42 Å². The first-order valence-corrected chi connectivity index (χ1v) is 13.3. The van der Waals surface area contributed by atoms with E-state index in [1.807, 2.05) is 31.3 Å². The summed E-state index contributed by atoms with van der Waals surface area (Å²) in [6.45, 7) is 7.21. The molecule has 0 unspecified atom stereocenters. The number of rotatable bonds is 6. The second-order valence-electron chi connectivity index (χ2n) is 10.5. The number of halogens is 1. The molecule has 2 aliphatic heterocycles. The van der Waals surface area contributed by atoms with Crippen molar-refractivity contribution in [3.8, 4) is 5.69 Å². The van der Waals surface area contributed by atoms with E-state index in [0.717, 1.165) is 83.9 Å². The molecule has 2 aliphatic rings. The maximum Gasteiger partial charge on any atom is 0.260 e. The summed E-state index contributed by atoms with van der Waals surface area (Å²) in [7, 11) is 3.23. The van der Waals surface area contributed by atoms with Crippen molar-refractivity contribution in [3.05, 3.63) is 98.5 Å². The van der Waals surface area contributed by atoms with Gasteiger partial charge in [0.25, 0.3) is 11.5 Å². The van der Waals surface area contributed by atoms with Crippen molar-refractivity contribution in [2.75, 3.05) is 45.6 Å². The third kappa shape index (κ3) is 5.43. The van der Waals surface area contributed by atoms with Gasteiger partial charge in [0.05, 0.1) is 11.3 Å². The van der Waals surface area contributed by atoms with Gasteiger partial charge in [-0.15, -0.1) is 0 Å². The first-order chi connectivity index (χ1) is 18.7. The van der Waals surface area contributed by atoms with Crippen molar-refractivity contribution in [2.24, 2.45) is 0 Å². The number of carbonyl (C=O) groups is 1. The van der Waals surface area contributed by atoms with Crippen LogP contribution in [0.2, 0.25) is 0 Å². The monoisotopic (exact) mass is 527 g/mol. The number of nitrogens with one attached hydrogen (secondary N) is 1. The Bertz CT molecular complexity index is 1550. The summed E-state index contributed by atoms with van der Waals surface area (Å²) < 4.78 is 16.4. The van der Waals surface area contributed by atoms with Crippen molar-refractivity contribution < 1.29 is 9.18 Å². The second kappa shape index (κ2) is 11.0. The molecule has 0 aliphatic carbocycles. The lowest BCUT2D eigenvalue weighted by atomic mass is 9.97. The lowest BCUT2D eigenvalue weighted by molar-refractivity contribution is 0.0823. The summed E-state index contributed by atoms with van der Waals surface area (Å²) in [5.74, 6) is -0.829. The average Bonchev–Trinajstić information content (AvgIpc) is 3.40. The standard InChI is InChI=1S/C31H34FN5O2/c1-20(17-26-21(2)33-13-8-29(26)37-16-11-28-25(31(37)39)7-12-34-28)19-36-14-9-22(10-15-36)23-5-6-24(27(32)18-23)30(38)35(3)4/h5-6,8-9,11,13,16-18,34H,7,10,12,14-15,19H2,1-4H3/b20-17+. The molecule has 0 saturated carbocycles. The van der Waals surface area contributed by atoms with Crippen molar-refractivity contribution in [3.63, 3.8) is 0 Å². The number of pyridine rings is 2. The van der Waals surface area contributed by atoms with Gasteiger partial charge in [-0.25, -0.2) is 4.39 Å². The van der Waals surface area contributed by atoms with E-state index in [2.05, 4.69) is 34.3 Å². The number of hydrogen-bond acceptors (Lipinski definition) is 5. The van der Waals surface area contributed by atoms with E-state index >= 15 is 0 Å². The summed E-state index contributed by atoms with van der Waals surface area (Å²) in [5, 5.41) is 3.27. The Morgan fingerprint density at radius 1 is 1.21 bits per heavy atom. The number of benzene rings is 1. The first-order valence-electron chi connectivity index (χ1n) is 13.3. The third-order valence-electron chi connectivity index (χ3n) is 7.44. The van der Waals surface area contributed by atoms with Crippen molar-refractivity contribution >= 4 is 23.2 Å². The van der Waals surface area contributed by atoms with Crippen LogP contribution in [-0.4, -0.2) is 65.5 Å². The normalized spacial score (nSPS) is 15.5. The fourth-order valence-electron chi connectivity index (χ4n) is 5.34. The van der Waals surface area contributed by atoms with Crippen LogP contribution >= 0.6 is 0 Å². The van der Waals surface area contributed by atoms with E-state index < -0.39 is 5.82 Å². The van der Waals surface area contributed by atoms with E-state index in [-0.39, 0.29) is 17.0 Å². The van der Waals surface area contributed by atoms with Gasteiger partial charge in [0, 0.05) is 75.2 Å². The van der Waals surface area contributed by atoms with Gasteiger partial charge in [-0.3, -0.25) is 24.0 Å². The molecule has 4 heterocycles. The minimum atomic E-state index is -0.491. The molecule has 3 aromatic rings. The molecule has 1 amide bonds. The van der Waals surface area contributed by atoms with Gasteiger partial charge in [0.2, 0.25) is 0 Å². The number of hydrogen-bond donors (Lipinski definition) is 1. The predicted molar refractivity (Wildman–Crippen MR) is 154 cm³/mol. The van der Waals surface area contributed by atoms with Crippen LogP contribution < -0.4 is 10.9 Å².